The second kappa shape index (κ2) is 6.41. The van der Waals surface area contributed by atoms with Crippen LogP contribution in [-0.2, 0) is 4.74 Å². The van der Waals surface area contributed by atoms with E-state index in [1.165, 1.54) is 6.07 Å². The Bertz CT molecular complexity index is 422. The van der Waals surface area contributed by atoms with E-state index < -0.39 is 17.7 Å². The standard InChI is InChI=1S/C14H19F2NO2/c1-2-19-11-6-10(7-11)17-8-14(18)12-4-3-9(15)5-13(12)16/h3-5,10-11,14,17-18H,2,6-8H2,1H3. The van der Waals surface area contributed by atoms with Crippen molar-refractivity contribution in [3.05, 3.63) is 35.4 Å². The lowest BCUT2D eigenvalue weighted by molar-refractivity contribution is -0.0124. The molecule has 1 aromatic rings. The highest BCUT2D eigenvalue weighted by Gasteiger charge is 2.29. The number of aliphatic hydroxyl groups excluding tert-OH is 1. The first-order valence-corrected chi connectivity index (χ1v) is 6.58. The van der Waals surface area contributed by atoms with E-state index in [-0.39, 0.29) is 12.1 Å². The van der Waals surface area contributed by atoms with Crippen LogP contribution in [0.1, 0.15) is 31.4 Å². The van der Waals surface area contributed by atoms with Gasteiger partial charge in [-0.1, -0.05) is 6.07 Å². The lowest BCUT2D eigenvalue weighted by Crippen LogP contribution is -2.46. The molecule has 2 N–H and O–H groups in total. The minimum absolute atomic E-state index is 0.120. The molecule has 0 heterocycles. The molecule has 1 unspecified atom stereocenters. The van der Waals surface area contributed by atoms with Gasteiger partial charge in [-0.15, -0.1) is 0 Å². The normalized spacial score (nSPS) is 24.0. The van der Waals surface area contributed by atoms with E-state index in [4.69, 9.17) is 4.74 Å². The molecule has 0 bridgehead atoms. The van der Waals surface area contributed by atoms with Gasteiger partial charge in [-0.25, -0.2) is 8.78 Å². The Morgan fingerprint density at radius 3 is 2.79 bits per heavy atom. The highest BCUT2D eigenvalue weighted by atomic mass is 19.1. The summed E-state index contributed by atoms with van der Waals surface area (Å²) in [6, 6.07) is 3.51. The van der Waals surface area contributed by atoms with Gasteiger partial charge < -0.3 is 15.2 Å². The van der Waals surface area contributed by atoms with Crippen LogP contribution in [0.5, 0.6) is 0 Å². The summed E-state index contributed by atoms with van der Waals surface area (Å²) in [6.45, 7) is 2.93. The Morgan fingerprint density at radius 1 is 1.42 bits per heavy atom. The molecular formula is C14H19F2NO2. The molecule has 0 amide bonds. The maximum Gasteiger partial charge on any atom is 0.131 e. The first-order valence-electron chi connectivity index (χ1n) is 6.58. The van der Waals surface area contributed by atoms with E-state index in [2.05, 4.69) is 5.32 Å². The zero-order chi connectivity index (χ0) is 13.8. The van der Waals surface area contributed by atoms with Crippen LogP contribution < -0.4 is 5.32 Å². The second-order valence-corrected chi connectivity index (χ2v) is 4.84. The maximum atomic E-state index is 13.4. The fourth-order valence-electron chi connectivity index (χ4n) is 2.26. The van der Waals surface area contributed by atoms with Gasteiger partial charge in [-0.05, 0) is 25.8 Å². The average molecular weight is 271 g/mol. The number of benzene rings is 1. The summed E-state index contributed by atoms with van der Waals surface area (Å²) in [4.78, 5) is 0. The van der Waals surface area contributed by atoms with E-state index in [0.717, 1.165) is 25.0 Å². The monoisotopic (exact) mass is 271 g/mol. The van der Waals surface area contributed by atoms with Crippen molar-refractivity contribution in [2.24, 2.45) is 0 Å². The topological polar surface area (TPSA) is 41.5 Å². The van der Waals surface area contributed by atoms with Crippen molar-refractivity contribution in [3.8, 4) is 0 Å². The van der Waals surface area contributed by atoms with Gasteiger partial charge in [0.2, 0.25) is 0 Å². The second-order valence-electron chi connectivity index (χ2n) is 4.84. The lowest BCUT2D eigenvalue weighted by atomic mass is 9.89. The van der Waals surface area contributed by atoms with Gasteiger partial charge in [-0.3, -0.25) is 0 Å². The Balaban J connectivity index is 1.77. The van der Waals surface area contributed by atoms with Gasteiger partial charge in [0.05, 0.1) is 12.2 Å². The molecule has 0 saturated heterocycles. The largest absolute Gasteiger partial charge is 0.387 e. The zero-order valence-corrected chi connectivity index (χ0v) is 10.9. The summed E-state index contributed by atoms with van der Waals surface area (Å²) in [5, 5.41) is 13.0. The Labute approximate surface area is 111 Å². The van der Waals surface area contributed by atoms with Crippen molar-refractivity contribution >= 4 is 0 Å². The fourth-order valence-corrected chi connectivity index (χ4v) is 2.26. The third kappa shape index (κ3) is 3.72. The van der Waals surface area contributed by atoms with Crippen LogP contribution in [0.2, 0.25) is 0 Å². The van der Waals surface area contributed by atoms with E-state index in [0.29, 0.717) is 18.8 Å². The SMILES string of the molecule is CCOC1CC(NCC(O)c2ccc(F)cc2F)C1. The molecule has 19 heavy (non-hydrogen) atoms. The first-order chi connectivity index (χ1) is 9.10. The minimum atomic E-state index is -0.966. The van der Waals surface area contributed by atoms with Gasteiger partial charge >= 0.3 is 0 Å². The number of ether oxygens (including phenoxy) is 1. The van der Waals surface area contributed by atoms with Crippen LogP contribution in [-0.4, -0.2) is 30.4 Å². The van der Waals surface area contributed by atoms with Crippen molar-refractivity contribution in [2.45, 2.75) is 38.0 Å². The highest BCUT2D eigenvalue weighted by molar-refractivity contribution is 5.21. The fraction of sp³-hybridized carbons (Fsp3) is 0.571. The molecule has 1 aromatic carbocycles. The number of hydrogen-bond donors (Lipinski definition) is 2. The molecule has 0 spiro atoms. The number of hydrogen-bond acceptors (Lipinski definition) is 3. The van der Waals surface area contributed by atoms with Gasteiger partial charge in [0, 0.05) is 30.8 Å². The zero-order valence-electron chi connectivity index (χ0n) is 10.9. The predicted octanol–water partition coefficient (Wildman–Crippen LogP) is 2.16. The Hall–Kier alpha value is -1.04. The molecule has 1 fully saturated rings. The van der Waals surface area contributed by atoms with Crippen molar-refractivity contribution in [1.82, 2.24) is 5.32 Å². The molecular weight excluding hydrogens is 252 g/mol. The summed E-state index contributed by atoms with van der Waals surface area (Å²) in [6.07, 6.45) is 1.15. The number of aliphatic hydroxyl groups is 1. The van der Waals surface area contributed by atoms with Crippen LogP contribution in [0.4, 0.5) is 8.78 Å². The molecule has 0 radical (unpaired) electrons. The van der Waals surface area contributed by atoms with Crippen LogP contribution in [0, 0.1) is 11.6 Å². The lowest BCUT2D eigenvalue weighted by Gasteiger charge is -2.36. The summed E-state index contributed by atoms with van der Waals surface area (Å²) < 4.78 is 31.6. The molecule has 1 aliphatic rings. The number of nitrogens with one attached hydrogen (secondary N) is 1. The van der Waals surface area contributed by atoms with Crippen molar-refractivity contribution in [2.75, 3.05) is 13.2 Å². The molecule has 0 aliphatic heterocycles. The van der Waals surface area contributed by atoms with Crippen LogP contribution >= 0.6 is 0 Å². The van der Waals surface area contributed by atoms with Crippen LogP contribution in [0.25, 0.3) is 0 Å². The molecule has 2 rings (SSSR count). The molecule has 0 aromatic heterocycles. The highest BCUT2D eigenvalue weighted by Crippen LogP contribution is 2.24. The molecule has 1 aliphatic carbocycles. The number of rotatable bonds is 6. The molecule has 1 saturated carbocycles. The van der Waals surface area contributed by atoms with Gasteiger partial charge in [0.1, 0.15) is 11.6 Å². The quantitative estimate of drug-likeness (QED) is 0.833. The van der Waals surface area contributed by atoms with Crippen molar-refractivity contribution < 1.29 is 18.6 Å². The van der Waals surface area contributed by atoms with E-state index in [9.17, 15) is 13.9 Å². The van der Waals surface area contributed by atoms with Crippen LogP contribution in [0.3, 0.4) is 0 Å². The first kappa shape index (κ1) is 14.4. The van der Waals surface area contributed by atoms with Crippen molar-refractivity contribution in [3.63, 3.8) is 0 Å². The Morgan fingerprint density at radius 2 is 2.16 bits per heavy atom. The smallest absolute Gasteiger partial charge is 0.131 e. The van der Waals surface area contributed by atoms with E-state index >= 15 is 0 Å². The Kier molecular flexibility index (Phi) is 4.85. The molecule has 1 atom stereocenters. The summed E-state index contributed by atoms with van der Waals surface area (Å²) in [5.41, 5.74) is 0.120. The molecule has 3 nitrogen and oxygen atoms in total. The van der Waals surface area contributed by atoms with Crippen LogP contribution in [0.15, 0.2) is 18.2 Å². The molecule has 106 valence electrons. The third-order valence-electron chi connectivity index (χ3n) is 3.42. The van der Waals surface area contributed by atoms with E-state index in [1.807, 2.05) is 6.92 Å². The average Bonchev–Trinajstić information content (AvgIpc) is 2.31. The van der Waals surface area contributed by atoms with Gasteiger partial charge in [0.25, 0.3) is 0 Å². The molecule has 5 heteroatoms. The van der Waals surface area contributed by atoms with Crippen molar-refractivity contribution in [1.29, 1.82) is 0 Å². The third-order valence-corrected chi connectivity index (χ3v) is 3.42. The predicted molar refractivity (Wildman–Crippen MR) is 67.8 cm³/mol. The summed E-state index contributed by atoms with van der Waals surface area (Å²) in [5.74, 6) is -1.35. The summed E-state index contributed by atoms with van der Waals surface area (Å²) in [7, 11) is 0. The summed E-state index contributed by atoms with van der Waals surface area (Å²) >= 11 is 0. The van der Waals surface area contributed by atoms with Gasteiger partial charge in [-0.2, -0.15) is 0 Å². The minimum Gasteiger partial charge on any atom is -0.387 e. The number of halogens is 2. The van der Waals surface area contributed by atoms with Gasteiger partial charge in [0.15, 0.2) is 0 Å². The maximum absolute atomic E-state index is 13.4. The van der Waals surface area contributed by atoms with E-state index in [1.54, 1.807) is 0 Å².